The van der Waals surface area contributed by atoms with Crippen molar-refractivity contribution < 1.29 is 21.6 Å². The Kier molecular flexibility index (Phi) is 3.55. The quantitative estimate of drug-likeness (QED) is 0.670. The zero-order valence-corrected chi connectivity index (χ0v) is 10.1. The summed E-state index contributed by atoms with van der Waals surface area (Å²) in [6.45, 7) is 0. The molecule has 0 bridgehead atoms. The Morgan fingerprint density at radius 3 is 2.40 bits per heavy atom. The molecule has 0 aliphatic carbocycles. The van der Waals surface area contributed by atoms with Crippen LogP contribution in [-0.2, 0) is 24.5 Å². The number of hydrogen-bond acceptors (Lipinski definition) is 5. The molecule has 7 heteroatoms. The lowest BCUT2D eigenvalue weighted by Gasteiger charge is -2.04. The molecule has 0 aromatic carbocycles. The molecular formula is C8H14O5S2. The Morgan fingerprint density at radius 2 is 2.00 bits per heavy atom. The van der Waals surface area contributed by atoms with Crippen LogP contribution in [0.2, 0.25) is 0 Å². The maximum Gasteiger partial charge on any atom is 0.151 e. The smallest absolute Gasteiger partial charge is 0.151 e. The Labute approximate surface area is 89.7 Å². The first-order valence-electron chi connectivity index (χ1n) is 4.60. The van der Waals surface area contributed by atoms with E-state index in [1.807, 2.05) is 0 Å². The van der Waals surface area contributed by atoms with Gasteiger partial charge in [-0.05, 0) is 6.42 Å². The monoisotopic (exact) mass is 254 g/mol. The van der Waals surface area contributed by atoms with E-state index in [1.54, 1.807) is 0 Å². The van der Waals surface area contributed by atoms with Gasteiger partial charge >= 0.3 is 0 Å². The van der Waals surface area contributed by atoms with Gasteiger partial charge in [-0.25, -0.2) is 16.8 Å². The van der Waals surface area contributed by atoms with Crippen molar-refractivity contribution >= 4 is 25.5 Å². The van der Waals surface area contributed by atoms with Gasteiger partial charge in [0.1, 0.15) is 15.6 Å². The number of hydrogen-bond donors (Lipinski definition) is 0. The van der Waals surface area contributed by atoms with E-state index in [4.69, 9.17) is 0 Å². The molecule has 1 unspecified atom stereocenters. The maximum absolute atomic E-state index is 11.5. The van der Waals surface area contributed by atoms with Crippen LogP contribution in [0.5, 0.6) is 0 Å². The fourth-order valence-corrected chi connectivity index (χ4v) is 3.89. The zero-order valence-electron chi connectivity index (χ0n) is 8.47. The second-order valence-electron chi connectivity index (χ2n) is 3.95. The lowest BCUT2D eigenvalue weighted by atomic mass is 10.0. The van der Waals surface area contributed by atoms with Crippen LogP contribution in [-0.4, -0.2) is 46.1 Å². The minimum atomic E-state index is -3.15. The minimum Gasteiger partial charge on any atom is -0.299 e. The molecule has 88 valence electrons. The van der Waals surface area contributed by atoms with E-state index in [1.165, 1.54) is 0 Å². The van der Waals surface area contributed by atoms with Gasteiger partial charge in [0.2, 0.25) is 0 Å². The molecule has 0 aromatic heterocycles. The third-order valence-electron chi connectivity index (χ3n) is 2.41. The molecular weight excluding hydrogens is 240 g/mol. The fraction of sp³-hybridized carbons (Fsp3) is 0.875. The van der Waals surface area contributed by atoms with Crippen LogP contribution >= 0.6 is 0 Å². The Hall–Kier alpha value is -0.430. The van der Waals surface area contributed by atoms with Crippen LogP contribution in [0, 0.1) is 5.92 Å². The normalized spacial score (nSPS) is 25.3. The van der Waals surface area contributed by atoms with Crippen molar-refractivity contribution in [3.05, 3.63) is 0 Å². The average Bonchev–Trinajstić information content (AvgIpc) is 2.40. The fourth-order valence-electron chi connectivity index (χ4n) is 1.54. The average molecular weight is 254 g/mol. The van der Waals surface area contributed by atoms with Crippen molar-refractivity contribution in [2.75, 3.05) is 23.5 Å². The first-order chi connectivity index (χ1) is 6.70. The topological polar surface area (TPSA) is 85.3 Å². The molecule has 0 radical (unpaired) electrons. The summed E-state index contributed by atoms with van der Waals surface area (Å²) in [6.07, 6.45) is 1.33. The number of carbonyl (C=O) groups is 1. The van der Waals surface area contributed by atoms with Gasteiger partial charge in [-0.15, -0.1) is 0 Å². The van der Waals surface area contributed by atoms with Crippen LogP contribution in [0.15, 0.2) is 0 Å². The van der Waals surface area contributed by atoms with Crippen LogP contribution in [0.3, 0.4) is 0 Å². The van der Waals surface area contributed by atoms with E-state index < -0.39 is 25.6 Å². The zero-order chi connectivity index (χ0) is 11.7. The van der Waals surface area contributed by atoms with Crippen LogP contribution in [0.4, 0.5) is 0 Å². The predicted octanol–water partition coefficient (Wildman–Crippen LogP) is -0.575. The molecule has 1 aliphatic rings. The number of carbonyl (C=O) groups excluding carboxylic acids is 1. The summed E-state index contributed by atoms with van der Waals surface area (Å²) in [5.41, 5.74) is 0. The van der Waals surface area contributed by atoms with Crippen molar-refractivity contribution in [3.8, 4) is 0 Å². The van der Waals surface area contributed by atoms with E-state index in [2.05, 4.69) is 0 Å². The highest BCUT2D eigenvalue weighted by atomic mass is 32.2. The SMILES string of the molecule is CS(=O)(=O)CCC(=O)C1CCS(=O)(=O)C1. The Morgan fingerprint density at radius 1 is 1.40 bits per heavy atom. The summed E-state index contributed by atoms with van der Waals surface area (Å²) < 4.78 is 43.8. The first-order valence-corrected chi connectivity index (χ1v) is 8.49. The number of Topliss-reactive ketones (excluding diaryl/α,β-unsaturated/α-hetero) is 1. The van der Waals surface area contributed by atoms with E-state index in [9.17, 15) is 21.6 Å². The van der Waals surface area contributed by atoms with Crippen molar-refractivity contribution in [1.82, 2.24) is 0 Å². The second-order valence-corrected chi connectivity index (χ2v) is 8.43. The van der Waals surface area contributed by atoms with Gasteiger partial charge in [-0.2, -0.15) is 0 Å². The van der Waals surface area contributed by atoms with E-state index in [0.717, 1.165) is 6.26 Å². The van der Waals surface area contributed by atoms with Crippen molar-refractivity contribution in [2.24, 2.45) is 5.92 Å². The summed E-state index contributed by atoms with van der Waals surface area (Å²) in [6, 6.07) is 0. The molecule has 0 saturated carbocycles. The molecule has 0 aromatic rings. The summed E-state index contributed by atoms with van der Waals surface area (Å²) in [4.78, 5) is 11.5. The van der Waals surface area contributed by atoms with Gasteiger partial charge in [0, 0.05) is 18.6 Å². The summed E-state index contributed by atoms with van der Waals surface area (Å²) in [5, 5.41) is 0. The largest absolute Gasteiger partial charge is 0.299 e. The van der Waals surface area contributed by atoms with Gasteiger partial charge < -0.3 is 0 Å². The highest BCUT2D eigenvalue weighted by molar-refractivity contribution is 7.91. The molecule has 1 rings (SSSR count). The number of rotatable bonds is 4. The van der Waals surface area contributed by atoms with E-state index in [0.29, 0.717) is 6.42 Å². The molecule has 0 spiro atoms. The molecule has 1 fully saturated rings. The second kappa shape index (κ2) is 4.21. The van der Waals surface area contributed by atoms with E-state index >= 15 is 0 Å². The van der Waals surface area contributed by atoms with Crippen LogP contribution < -0.4 is 0 Å². The van der Waals surface area contributed by atoms with Crippen LogP contribution in [0.25, 0.3) is 0 Å². The number of sulfone groups is 2. The number of ketones is 1. The van der Waals surface area contributed by atoms with Crippen molar-refractivity contribution in [3.63, 3.8) is 0 Å². The first kappa shape index (κ1) is 12.6. The van der Waals surface area contributed by atoms with Crippen molar-refractivity contribution in [1.29, 1.82) is 0 Å². The van der Waals surface area contributed by atoms with Gasteiger partial charge in [-0.3, -0.25) is 4.79 Å². The molecule has 1 aliphatic heterocycles. The Bertz CT molecular complexity index is 445. The lowest BCUT2D eigenvalue weighted by Crippen LogP contribution is -2.19. The van der Waals surface area contributed by atoms with Crippen LogP contribution in [0.1, 0.15) is 12.8 Å². The minimum absolute atomic E-state index is 0.0439. The molecule has 15 heavy (non-hydrogen) atoms. The third-order valence-corrected chi connectivity index (χ3v) is 5.12. The standard InChI is InChI=1S/C8H14O5S2/c1-14(10,11)4-3-8(9)7-2-5-15(12,13)6-7/h7H,2-6H2,1H3. The Balaban J connectivity index is 2.50. The molecule has 1 saturated heterocycles. The molecule has 5 nitrogen and oxygen atoms in total. The van der Waals surface area contributed by atoms with Gasteiger partial charge in [0.05, 0.1) is 17.3 Å². The molecule has 0 amide bonds. The maximum atomic E-state index is 11.5. The van der Waals surface area contributed by atoms with Gasteiger partial charge in [-0.1, -0.05) is 0 Å². The highest BCUT2D eigenvalue weighted by Crippen LogP contribution is 2.20. The molecule has 1 atom stereocenters. The lowest BCUT2D eigenvalue weighted by molar-refractivity contribution is -0.121. The summed E-state index contributed by atoms with van der Waals surface area (Å²) in [7, 11) is -6.21. The van der Waals surface area contributed by atoms with E-state index in [-0.39, 0.29) is 29.5 Å². The van der Waals surface area contributed by atoms with Crippen molar-refractivity contribution in [2.45, 2.75) is 12.8 Å². The van der Waals surface area contributed by atoms with Gasteiger partial charge in [0.25, 0.3) is 0 Å². The third kappa shape index (κ3) is 4.29. The summed E-state index contributed by atoms with van der Waals surface area (Å²) in [5.74, 6) is -1.00. The molecule has 0 N–H and O–H groups in total. The molecule has 1 heterocycles. The van der Waals surface area contributed by atoms with Gasteiger partial charge in [0.15, 0.2) is 9.84 Å². The highest BCUT2D eigenvalue weighted by Gasteiger charge is 2.32. The summed E-state index contributed by atoms with van der Waals surface area (Å²) >= 11 is 0. The predicted molar refractivity (Wildman–Crippen MR) is 56.1 cm³/mol.